The molecule has 1 heteroatoms. The van der Waals surface area contributed by atoms with Crippen LogP contribution in [0.5, 0.6) is 0 Å². The lowest BCUT2D eigenvalue weighted by molar-refractivity contribution is 0.446. The van der Waals surface area contributed by atoms with Crippen molar-refractivity contribution in [3.05, 3.63) is 0 Å². The van der Waals surface area contributed by atoms with Crippen molar-refractivity contribution >= 4 is 11.6 Å². The molecular formula is C9H19Cl. The number of halogens is 1. The normalized spacial score (nSPS) is 14.1. The summed E-state index contributed by atoms with van der Waals surface area (Å²) in [5.74, 6) is 0.738. The maximum atomic E-state index is 6.15. The van der Waals surface area contributed by atoms with Gasteiger partial charge in [-0.15, -0.1) is 11.6 Å². The van der Waals surface area contributed by atoms with E-state index in [-0.39, 0.29) is 0 Å². The highest BCUT2D eigenvalue weighted by Crippen LogP contribution is 2.21. The zero-order valence-electron chi connectivity index (χ0n) is 7.36. The van der Waals surface area contributed by atoms with Crippen molar-refractivity contribution in [2.75, 3.05) is 0 Å². The van der Waals surface area contributed by atoms with Crippen LogP contribution in [0, 0.1) is 5.92 Å². The van der Waals surface area contributed by atoms with Gasteiger partial charge in [0.1, 0.15) is 0 Å². The molecule has 0 saturated carbocycles. The van der Waals surface area contributed by atoms with Gasteiger partial charge in [0, 0.05) is 5.38 Å². The van der Waals surface area contributed by atoms with Crippen LogP contribution < -0.4 is 0 Å². The Morgan fingerprint density at radius 1 is 1.10 bits per heavy atom. The van der Waals surface area contributed by atoms with Gasteiger partial charge in [-0.1, -0.05) is 40.0 Å². The van der Waals surface area contributed by atoms with Gasteiger partial charge in [-0.25, -0.2) is 0 Å². The van der Waals surface area contributed by atoms with Gasteiger partial charge in [0.15, 0.2) is 0 Å². The van der Waals surface area contributed by atoms with Crippen molar-refractivity contribution < 1.29 is 0 Å². The van der Waals surface area contributed by atoms with Crippen molar-refractivity contribution in [3.8, 4) is 0 Å². The topological polar surface area (TPSA) is 0 Å². The van der Waals surface area contributed by atoms with Crippen molar-refractivity contribution in [1.82, 2.24) is 0 Å². The van der Waals surface area contributed by atoms with E-state index in [1.807, 2.05) is 0 Å². The van der Waals surface area contributed by atoms with Crippen LogP contribution >= 0.6 is 11.6 Å². The fourth-order valence-electron chi connectivity index (χ4n) is 1.31. The van der Waals surface area contributed by atoms with Crippen LogP contribution in [-0.4, -0.2) is 5.38 Å². The molecule has 0 aromatic heterocycles. The Morgan fingerprint density at radius 3 is 1.90 bits per heavy atom. The minimum Gasteiger partial charge on any atom is -0.123 e. The Bertz CT molecular complexity index is 67.1. The smallest absolute Gasteiger partial charge is 0.0364 e. The van der Waals surface area contributed by atoms with Gasteiger partial charge in [0.25, 0.3) is 0 Å². The lowest BCUT2D eigenvalue weighted by Crippen LogP contribution is -2.12. The standard InChI is InChI=1S/C9H19Cl/c1-4-7-9(10)8(5-2)6-3/h8-9H,4-7H2,1-3H3. The monoisotopic (exact) mass is 162 g/mol. The second-order valence-corrected chi connectivity index (χ2v) is 3.44. The number of hydrogen-bond acceptors (Lipinski definition) is 0. The number of alkyl halides is 1. The highest BCUT2D eigenvalue weighted by atomic mass is 35.5. The first-order chi connectivity index (χ1) is 4.76. The van der Waals surface area contributed by atoms with E-state index in [4.69, 9.17) is 11.6 Å². The molecule has 0 rings (SSSR count). The van der Waals surface area contributed by atoms with E-state index in [0.717, 1.165) is 5.92 Å². The van der Waals surface area contributed by atoms with Crippen molar-refractivity contribution in [1.29, 1.82) is 0 Å². The summed E-state index contributed by atoms with van der Waals surface area (Å²) < 4.78 is 0. The van der Waals surface area contributed by atoms with Gasteiger partial charge >= 0.3 is 0 Å². The Kier molecular flexibility index (Phi) is 6.20. The molecule has 0 aliphatic heterocycles. The van der Waals surface area contributed by atoms with Gasteiger partial charge in [0.05, 0.1) is 0 Å². The Labute approximate surface area is 70.0 Å². The lowest BCUT2D eigenvalue weighted by Gasteiger charge is -2.17. The minimum absolute atomic E-state index is 0.417. The molecular weight excluding hydrogens is 144 g/mol. The van der Waals surface area contributed by atoms with Gasteiger partial charge in [-0.3, -0.25) is 0 Å². The quantitative estimate of drug-likeness (QED) is 0.539. The number of rotatable bonds is 5. The van der Waals surface area contributed by atoms with Crippen LogP contribution in [0.25, 0.3) is 0 Å². The summed E-state index contributed by atoms with van der Waals surface area (Å²) >= 11 is 6.15. The molecule has 0 amide bonds. The fourth-order valence-corrected chi connectivity index (χ4v) is 1.89. The molecule has 0 saturated heterocycles. The molecule has 0 aliphatic carbocycles. The summed E-state index contributed by atoms with van der Waals surface area (Å²) in [6.45, 7) is 6.64. The highest BCUT2D eigenvalue weighted by molar-refractivity contribution is 6.20. The summed E-state index contributed by atoms with van der Waals surface area (Å²) in [6, 6.07) is 0. The second-order valence-electron chi connectivity index (χ2n) is 2.88. The summed E-state index contributed by atoms with van der Waals surface area (Å²) in [5.41, 5.74) is 0. The lowest BCUT2D eigenvalue weighted by atomic mass is 9.96. The molecule has 0 aromatic rings. The first-order valence-corrected chi connectivity index (χ1v) is 4.83. The largest absolute Gasteiger partial charge is 0.123 e. The Balaban J connectivity index is 3.53. The first-order valence-electron chi connectivity index (χ1n) is 4.40. The Morgan fingerprint density at radius 2 is 1.60 bits per heavy atom. The molecule has 0 N–H and O–H groups in total. The molecule has 0 aromatic carbocycles. The molecule has 0 nitrogen and oxygen atoms in total. The van der Waals surface area contributed by atoms with Gasteiger partial charge in [-0.05, 0) is 12.3 Å². The third-order valence-corrected chi connectivity index (χ3v) is 2.70. The zero-order valence-corrected chi connectivity index (χ0v) is 8.12. The van der Waals surface area contributed by atoms with E-state index in [9.17, 15) is 0 Å². The highest BCUT2D eigenvalue weighted by Gasteiger charge is 2.13. The van der Waals surface area contributed by atoms with E-state index in [1.165, 1.54) is 25.7 Å². The van der Waals surface area contributed by atoms with Crippen LogP contribution in [0.15, 0.2) is 0 Å². The maximum Gasteiger partial charge on any atom is 0.0364 e. The Hall–Kier alpha value is 0.290. The second kappa shape index (κ2) is 6.03. The molecule has 0 bridgehead atoms. The molecule has 0 radical (unpaired) electrons. The average molecular weight is 163 g/mol. The number of hydrogen-bond donors (Lipinski definition) is 0. The maximum absolute atomic E-state index is 6.15. The van der Waals surface area contributed by atoms with E-state index < -0.39 is 0 Å². The molecule has 0 fully saturated rings. The molecule has 1 unspecified atom stereocenters. The predicted octanol–water partition coefficient (Wildman–Crippen LogP) is 3.83. The van der Waals surface area contributed by atoms with Crippen molar-refractivity contribution in [2.45, 2.75) is 51.8 Å². The van der Waals surface area contributed by atoms with E-state index >= 15 is 0 Å². The van der Waals surface area contributed by atoms with Crippen molar-refractivity contribution in [2.24, 2.45) is 5.92 Å². The molecule has 1 atom stereocenters. The zero-order chi connectivity index (χ0) is 7.98. The van der Waals surface area contributed by atoms with Gasteiger partial charge in [-0.2, -0.15) is 0 Å². The fraction of sp³-hybridized carbons (Fsp3) is 1.00. The average Bonchev–Trinajstić information content (AvgIpc) is 1.91. The van der Waals surface area contributed by atoms with Gasteiger partial charge < -0.3 is 0 Å². The van der Waals surface area contributed by atoms with Gasteiger partial charge in [0.2, 0.25) is 0 Å². The minimum atomic E-state index is 0.417. The summed E-state index contributed by atoms with van der Waals surface area (Å²) in [4.78, 5) is 0. The molecule has 62 valence electrons. The molecule has 0 spiro atoms. The van der Waals surface area contributed by atoms with E-state index in [2.05, 4.69) is 20.8 Å². The summed E-state index contributed by atoms with van der Waals surface area (Å²) in [6.07, 6.45) is 4.84. The van der Waals surface area contributed by atoms with E-state index in [0.29, 0.717) is 5.38 Å². The molecule has 0 aliphatic rings. The summed E-state index contributed by atoms with van der Waals surface area (Å²) in [5, 5.41) is 0.417. The van der Waals surface area contributed by atoms with Crippen LogP contribution in [-0.2, 0) is 0 Å². The molecule has 10 heavy (non-hydrogen) atoms. The SMILES string of the molecule is CCCC(Cl)C(CC)CC. The first kappa shape index (κ1) is 10.3. The van der Waals surface area contributed by atoms with E-state index in [1.54, 1.807) is 0 Å². The van der Waals surface area contributed by atoms with Crippen LogP contribution in [0.4, 0.5) is 0 Å². The van der Waals surface area contributed by atoms with Crippen LogP contribution in [0.2, 0.25) is 0 Å². The third-order valence-electron chi connectivity index (χ3n) is 2.12. The van der Waals surface area contributed by atoms with Crippen LogP contribution in [0.3, 0.4) is 0 Å². The third kappa shape index (κ3) is 3.46. The van der Waals surface area contributed by atoms with Crippen molar-refractivity contribution in [3.63, 3.8) is 0 Å². The van der Waals surface area contributed by atoms with Crippen LogP contribution in [0.1, 0.15) is 46.5 Å². The predicted molar refractivity (Wildman–Crippen MR) is 48.6 cm³/mol. The summed E-state index contributed by atoms with van der Waals surface area (Å²) in [7, 11) is 0. The molecule has 0 heterocycles.